The average molecular weight is 395 g/mol. The molecule has 2 rings (SSSR count). The van der Waals surface area contributed by atoms with Crippen LogP contribution in [0, 0.1) is 6.92 Å². The van der Waals surface area contributed by atoms with E-state index >= 15 is 0 Å². The molecule has 0 atom stereocenters. The van der Waals surface area contributed by atoms with E-state index in [0.717, 1.165) is 17.5 Å². The molecule has 0 aromatic heterocycles. The highest BCUT2D eigenvalue weighted by Gasteiger charge is 2.22. The Balaban J connectivity index is 2.22. The van der Waals surface area contributed by atoms with E-state index < -0.39 is 10.0 Å². The molecule has 0 saturated heterocycles. The Morgan fingerprint density at radius 1 is 1.12 bits per heavy atom. The summed E-state index contributed by atoms with van der Waals surface area (Å²) in [5.41, 5.74) is 2.07. The van der Waals surface area contributed by atoms with Gasteiger partial charge in [-0.25, -0.2) is 8.42 Å². The number of amides is 1. The van der Waals surface area contributed by atoms with Gasteiger partial charge in [-0.2, -0.15) is 0 Å². The highest BCUT2D eigenvalue weighted by Crippen LogP contribution is 2.26. The smallest absolute Gasteiger partial charge is 0.232 e. The third-order valence-corrected chi connectivity index (χ3v) is 5.47. The highest BCUT2D eigenvalue weighted by molar-refractivity contribution is 7.92. The molecule has 140 valence electrons. The molecular formula is C19H23ClN2O3S. The topological polar surface area (TPSA) is 57.7 Å². The van der Waals surface area contributed by atoms with Gasteiger partial charge in [0.05, 0.1) is 11.9 Å². The molecule has 0 fully saturated rings. The van der Waals surface area contributed by atoms with Crippen LogP contribution in [-0.2, 0) is 14.8 Å². The van der Waals surface area contributed by atoms with Crippen LogP contribution in [-0.4, -0.2) is 33.7 Å². The predicted octanol–water partition coefficient (Wildman–Crippen LogP) is 3.86. The standard InChI is InChI=1S/C19H23ClN2O3S/c1-4-21(17-8-6-5-7-9-17)19(23)12-13-22(26(3,24)25)18-14-16(20)11-10-15(18)2/h5-11,14H,4,12-13H2,1-3H3. The van der Waals surface area contributed by atoms with E-state index in [0.29, 0.717) is 17.3 Å². The van der Waals surface area contributed by atoms with Gasteiger partial charge in [0.15, 0.2) is 0 Å². The second-order valence-corrected chi connectivity index (χ2v) is 8.33. The zero-order valence-corrected chi connectivity index (χ0v) is 16.7. The van der Waals surface area contributed by atoms with Crippen molar-refractivity contribution in [3.8, 4) is 0 Å². The van der Waals surface area contributed by atoms with Gasteiger partial charge in [-0.1, -0.05) is 35.9 Å². The number of para-hydroxylation sites is 1. The Labute approximate surface area is 160 Å². The number of anilines is 2. The third-order valence-electron chi connectivity index (χ3n) is 4.05. The second kappa shape index (κ2) is 8.56. The van der Waals surface area contributed by atoms with Crippen LogP contribution in [0.1, 0.15) is 18.9 Å². The van der Waals surface area contributed by atoms with Crippen LogP contribution in [0.3, 0.4) is 0 Å². The number of carbonyl (C=O) groups is 1. The lowest BCUT2D eigenvalue weighted by molar-refractivity contribution is -0.118. The summed E-state index contributed by atoms with van der Waals surface area (Å²) in [5, 5.41) is 0.449. The van der Waals surface area contributed by atoms with Crippen molar-refractivity contribution in [2.45, 2.75) is 20.3 Å². The number of rotatable bonds is 7. The second-order valence-electron chi connectivity index (χ2n) is 5.99. The fraction of sp³-hybridized carbons (Fsp3) is 0.316. The van der Waals surface area contributed by atoms with Gasteiger partial charge >= 0.3 is 0 Å². The van der Waals surface area contributed by atoms with E-state index in [4.69, 9.17) is 11.6 Å². The number of benzene rings is 2. The zero-order valence-electron chi connectivity index (χ0n) is 15.1. The molecular weight excluding hydrogens is 372 g/mol. The predicted molar refractivity (Wildman–Crippen MR) is 107 cm³/mol. The summed E-state index contributed by atoms with van der Waals surface area (Å²) in [6.07, 6.45) is 1.20. The molecule has 0 heterocycles. The van der Waals surface area contributed by atoms with Crippen LogP contribution in [0.5, 0.6) is 0 Å². The molecule has 0 spiro atoms. The maximum atomic E-state index is 12.7. The van der Waals surface area contributed by atoms with Gasteiger partial charge < -0.3 is 4.90 Å². The summed E-state index contributed by atoms with van der Waals surface area (Å²) in [6, 6.07) is 14.4. The molecule has 0 radical (unpaired) electrons. The SMILES string of the molecule is CCN(C(=O)CCN(c1cc(Cl)ccc1C)S(C)(=O)=O)c1ccccc1. The summed E-state index contributed by atoms with van der Waals surface area (Å²) in [4.78, 5) is 14.3. The van der Waals surface area contributed by atoms with Crippen LogP contribution in [0.2, 0.25) is 5.02 Å². The van der Waals surface area contributed by atoms with Gasteiger partial charge in [-0.3, -0.25) is 9.10 Å². The number of sulfonamides is 1. The molecule has 1 amide bonds. The first-order chi connectivity index (χ1) is 12.2. The van der Waals surface area contributed by atoms with Gasteiger partial charge in [0.2, 0.25) is 15.9 Å². The van der Waals surface area contributed by atoms with Gasteiger partial charge in [-0.05, 0) is 43.7 Å². The average Bonchev–Trinajstić information content (AvgIpc) is 2.58. The summed E-state index contributed by atoms with van der Waals surface area (Å²) >= 11 is 6.03. The Hall–Kier alpha value is -2.05. The molecule has 0 aliphatic carbocycles. The molecule has 2 aromatic carbocycles. The minimum atomic E-state index is -3.55. The van der Waals surface area contributed by atoms with Crippen molar-refractivity contribution in [2.24, 2.45) is 0 Å². The van der Waals surface area contributed by atoms with Crippen LogP contribution in [0.4, 0.5) is 11.4 Å². The molecule has 0 N–H and O–H groups in total. The minimum Gasteiger partial charge on any atom is -0.313 e. The van der Waals surface area contributed by atoms with Crippen molar-refractivity contribution in [1.82, 2.24) is 0 Å². The van der Waals surface area contributed by atoms with Crippen molar-refractivity contribution in [1.29, 1.82) is 0 Å². The van der Waals surface area contributed by atoms with E-state index in [2.05, 4.69) is 0 Å². The molecule has 0 aliphatic heterocycles. The normalized spacial score (nSPS) is 11.2. The number of hydrogen-bond donors (Lipinski definition) is 0. The quantitative estimate of drug-likeness (QED) is 0.716. The molecule has 0 unspecified atom stereocenters. The minimum absolute atomic E-state index is 0.0577. The Bertz CT molecular complexity index is 870. The zero-order chi connectivity index (χ0) is 19.3. The lowest BCUT2D eigenvalue weighted by atomic mass is 10.2. The molecule has 0 aliphatic rings. The third kappa shape index (κ3) is 4.99. The monoisotopic (exact) mass is 394 g/mol. The first-order valence-electron chi connectivity index (χ1n) is 8.33. The van der Waals surface area contributed by atoms with Crippen LogP contribution < -0.4 is 9.21 Å². The number of halogens is 1. The maximum absolute atomic E-state index is 12.7. The Kier molecular flexibility index (Phi) is 6.67. The first-order valence-corrected chi connectivity index (χ1v) is 10.6. The van der Waals surface area contributed by atoms with E-state index in [1.807, 2.05) is 44.2 Å². The van der Waals surface area contributed by atoms with Crippen LogP contribution >= 0.6 is 11.6 Å². The van der Waals surface area contributed by atoms with Crippen LogP contribution in [0.15, 0.2) is 48.5 Å². The number of carbonyl (C=O) groups excluding carboxylic acids is 1. The largest absolute Gasteiger partial charge is 0.313 e. The first kappa shape index (κ1) is 20.3. The van der Waals surface area contributed by atoms with Crippen molar-refractivity contribution in [3.63, 3.8) is 0 Å². The Morgan fingerprint density at radius 3 is 2.35 bits per heavy atom. The van der Waals surface area contributed by atoms with Crippen molar-refractivity contribution < 1.29 is 13.2 Å². The van der Waals surface area contributed by atoms with E-state index in [-0.39, 0.29) is 18.9 Å². The summed E-state index contributed by atoms with van der Waals surface area (Å²) in [7, 11) is -3.55. The summed E-state index contributed by atoms with van der Waals surface area (Å²) in [6.45, 7) is 4.27. The number of aryl methyl sites for hydroxylation is 1. The number of hydrogen-bond acceptors (Lipinski definition) is 3. The molecule has 5 nitrogen and oxygen atoms in total. The fourth-order valence-corrected chi connectivity index (χ4v) is 3.90. The van der Waals surface area contributed by atoms with Crippen molar-refractivity contribution in [2.75, 3.05) is 28.6 Å². The van der Waals surface area contributed by atoms with E-state index in [9.17, 15) is 13.2 Å². The number of nitrogens with zero attached hydrogens (tertiary/aromatic N) is 2. The Morgan fingerprint density at radius 2 is 1.77 bits per heavy atom. The summed E-state index contributed by atoms with van der Waals surface area (Å²) in [5.74, 6) is -0.132. The lowest BCUT2D eigenvalue weighted by Gasteiger charge is -2.26. The van der Waals surface area contributed by atoms with Crippen molar-refractivity contribution in [3.05, 3.63) is 59.1 Å². The van der Waals surface area contributed by atoms with Gasteiger partial charge in [0, 0.05) is 30.2 Å². The highest BCUT2D eigenvalue weighted by atomic mass is 35.5. The molecule has 26 heavy (non-hydrogen) atoms. The van der Waals surface area contributed by atoms with Gasteiger partial charge in [0.25, 0.3) is 0 Å². The van der Waals surface area contributed by atoms with Crippen molar-refractivity contribution >= 4 is 38.9 Å². The fourth-order valence-electron chi connectivity index (χ4n) is 2.76. The lowest BCUT2D eigenvalue weighted by Crippen LogP contribution is -2.37. The van der Waals surface area contributed by atoms with E-state index in [1.54, 1.807) is 23.1 Å². The summed E-state index contributed by atoms with van der Waals surface area (Å²) < 4.78 is 25.8. The maximum Gasteiger partial charge on any atom is 0.232 e. The van der Waals surface area contributed by atoms with Crippen LogP contribution in [0.25, 0.3) is 0 Å². The molecule has 0 saturated carbocycles. The molecule has 0 bridgehead atoms. The van der Waals surface area contributed by atoms with Gasteiger partial charge in [0.1, 0.15) is 0 Å². The molecule has 7 heteroatoms. The molecule has 2 aromatic rings. The van der Waals surface area contributed by atoms with Gasteiger partial charge in [-0.15, -0.1) is 0 Å². The van der Waals surface area contributed by atoms with E-state index in [1.165, 1.54) is 4.31 Å².